The van der Waals surface area contributed by atoms with Crippen LogP contribution < -0.4 is 5.73 Å². The van der Waals surface area contributed by atoms with Gasteiger partial charge in [0.15, 0.2) is 0 Å². The van der Waals surface area contributed by atoms with Crippen molar-refractivity contribution >= 4 is 0 Å². The van der Waals surface area contributed by atoms with E-state index < -0.39 is 0 Å². The lowest BCUT2D eigenvalue weighted by molar-refractivity contribution is 0.0322. The quantitative estimate of drug-likeness (QED) is 0.754. The Kier molecular flexibility index (Phi) is 3.82. The van der Waals surface area contributed by atoms with Crippen LogP contribution in [0.25, 0.3) is 0 Å². The van der Waals surface area contributed by atoms with Crippen molar-refractivity contribution in [2.75, 3.05) is 6.54 Å². The Labute approximate surface area is 87.2 Å². The van der Waals surface area contributed by atoms with Gasteiger partial charge in [-0.3, -0.25) is 0 Å². The Morgan fingerprint density at radius 1 is 0.929 bits per heavy atom. The highest BCUT2D eigenvalue weighted by Crippen LogP contribution is 2.32. The molecule has 0 aromatic rings. The summed E-state index contributed by atoms with van der Waals surface area (Å²) in [5.41, 5.74) is 5.60. The van der Waals surface area contributed by atoms with Crippen LogP contribution in [-0.4, -0.2) is 18.8 Å². The molecular weight excluding hydrogens is 174 g/mol. The molecule has 1 aliphatic heterocycles. The first kappa shape index (κ1) is 10.4. The summed E-state index contributed by atoms with van der Waals surface area (Å²) in [5, 5.41) is 0. The van der Waals surface area contributed by atoms with Crippen molar-refractivity contribution in [3.63, 3.8) is 0 Å². The van der Waals surface area contributed by atoms with Gasteiger partial charge in [-0.2, -0.15) is 0 Å². The van der Waals surface area contributed by atoms with E-state index in [-0.39, 0.29) is 0 Å². The van der Waals surface area contributed by atoms with Crippen LogP contribution in [0.3, 0.4) is 0 Å². The normalized spacial score (nSPS) is 34.9. The maximum absolute atomic E-state index is 5.89. The molecule has 2 N–H and O–H groups in total. The van der Waals surface area contributed by atoms with Crippen molar-refractivity contribution in [3.05, 3.63) is 0 Å². The fourth-order valence-electron chi connectivity index (χ4n) is 2.92. The predicted octanol–water partition coefficient (Wildman–Crippen LogP) is 2.46. The Morgan fingerprint density at radius 3 is 2.29 bits per heavy atom. The molecule has 0 amide bonds. The lowest BCUT2D eigenvalue weighted by Gasteiger charge is -2.24. The van der Waals surface area contributed by atoms with Crippen LogP contribution >= 0.6 is 0 Å². The fraction of sp³-hybridized carbons (Fsp3) is 1.00. The zero-order chi connectivity index (χ0) is 9.80. The summed E-state index contributed by atoms with van der Waals surface area (Å²) in [4.78, 5) is 0. The van der Waals surface area contributed by atoms with E-state index in [1.54, 1.807) is 0 Å². The van der Waals surface area contributed by atoms with Crippen molar-refractivity contribution < 1.29 is 4.74 Å². The fourth-order valence-corrected chi connectivity index (χ4v) is 2.92. The molecule has 1 heterocycles. The number of hydrogen-bond donors (Lipinski definition) is 1. The van der Waals surface area contributed by atoms with Crippen molar-refractivity contribution in [1.29, 1.82) is 0 Å². The summed E-state index contributed by atoms with van der Waals surface area (Å²) in [6, 6.07) is 0. The topological polar surface area (TPSA) is 35.2 Å². The average molecular weight is 197 g/mol. The van der Waals surface area contributed by atoms with E-state index in [4.69, 9.17) is 10.5 Å². The summed E-state index contributed by atoms with van der Waals surface area (Å²) < 4.78 is 5.89. The second-order valence-electron chi connectivity index (χ2n) is 4.93. The van der Waals surface area contributed by atoms with Crippen molar-refractivity contribution in [2.24, 2.45) is 11.7 Å². The van der Waals surface area contributed by atoms with Gasteiger partial charge in [-0.15, -0.1) is 0 Å². The molecule has 2 atom stereocenters. The summed E-state index contributed by atoms with van der Waals surface area (Å²) in [5.74, 6) is 0.949. The molecule has 2 aliphatic rings. The summed E-state index contributed by atoms with van der Waals surface area (Å²) in [6.45, 7) is 0.709. The van der Waals surface area contributed by atoms with E-state index in [9.17, 15) is 0 Å². The van der Waals surface area contributed by atoms with Gasteiger partial charge >= 0.3 is 0 Å². The number of ether oxygens (including phenoxy) is 1. The third-order valence-electron chi connectivity index (χ3n) is 3.78. The molecule has 1 saturated carbocycles. The van der Waals surface area contributed by atoms with E-state index in [1.807, 2.05) is 0 Å². The highest BCUT2D eigenvalue weighted by Gasteiger charge is 2.27. The first-order valence-corrected chi connectivity index (χ1v) is 6.24. The molecule has 0 radical (unpaired) electrons. The zero-order valence-corrected chi connectivity index (χ0v) is 9.08. The molecule has 82 valence electrons. The molecule has 2 unspecified atom stereocenters. The number of rotatable bonds is 3. The Balaban J connectivity index is 1.69. The summed E-state index contributed by atoms with van der Waals surface area (Å²) in [7, 11) is 0. The van der Waals surface area contributed by atoms with E-state index in [0.29, 0.717) is 18.8 Å². The van der Waals surface area contributed by atoms with Gasteiger partial charge in [0, 0.05) is 6.54 Å². The van der Waals surface area contributed by atoms with E-state index in [1.165, 1.54) is 51.4 Å². The molecule has 0 bridgehead atoms. The summed E-state index contributed by atoms with van der Waals surface area (Å²) in [6.07, 6.45) is 11.8. The van der Waals surface area contributed by atoms with E-state index >= 15 is 0 Å². The Hall–Kier alpha value is -0.0800. The maximum Gasteiger partial charge on any atom is 0.0702 e. The summed E-state index contributed by atoms with van der Waals surface area (Å²) >= 11 is 0. The number of hydrogen-bond acceptors (Lipinski definition) is 2. The van der Waals surface area contributed by atoms with Gasteiger partial charge in [-0.05, 0) is 25.2 Å². The Morgan fingerprint density at radius 2 is 1.64 bits per heavy atom. The zero-order valence-electron chi connectivity index (χ0n) is 9.08. The van der Waals surface area contributed by atoms with E-state index in [2.05, 4.69) is 0 Å². The Bertz CT molecular complexity index is 166. The number of nitrogens with two attached hydrogens (primary N) is 1. The molecule has 2 nitrogen and oxygen atoms in total. The van der Waals surface area contributed by atoms with Gasteiger partial charge in [0.25, 0.3) is 0 Å². The van der Waals surface area contributed by atoms with E-state index in [0.717, 1.165) is 5.92 Å². The van der Waals surface area contributed by atoms with Gasteiger partial charge < -0.3 is 10.5 Å². The predicted molar refractivity (Wildman–Crippen MR) is 58.1 cm³/mol. The van der Waals surface area contributed by atoms with Gasteiger partial charge in [-0.25, -0.2) is 0 Å². The first-order valence-electron chi connectivity index (χ1n) is 6.24. The van der Waals surface area contributed by atoms with Crippen LogP contribution in [0, 0.1) is 5.92 Å². The lowest BCUT2D eigenvalue weighted by atomic mass is 9.85. The third kappa shape index (κ3) is 2.71. The minimum Gasteiger partial charge on any atom is -0.374 e. The third-order valence-corrected chi connectivity index (χ3v) is 3.78. The highest BCUT2D eigenvalue weighted by molar-refractivity contribution is 4.78. The first-order chi connectivity index (χ1) is 6.88. The molecule has 0 aromatic carbocycles. The minimum atomic E-state index is 0.364. The molecule has 2 rings (SSSR count). The molecule has 2 fully saturated rings. The lowest BCUT2D eigenvalue weighted by Crippen LogP contribution is -2.22. The largest absolute Gasteiger partial charge is 0.374 e. The van der Waals surface area contributed by atoms with Gasteiger partial charge in [0.05, 0.1) is 12.2 Å². The van der Waals surface area contributed by atoms with Crippen molar-refractivity contribution in [2.45, 2.75) is 63.6 Å². The van der Waals surface area contributed by atoms with Crippen LogP contribution in [0.5, 0.6) is 0 Å². The molecule has 14 heavy (non-hydrogen) atoms. The molecular formula is C12H23NO. The standard InChI is InChI=1S/C12H23NO/c13-9-12-7-6-11(14-12)8-10-4-2-1-3-5-10/h10-12H,1-9,13H2. The van der Waals surface area contributed by atoms with Crippen molar-refractivity contribution in [3.8, 4) is 0 Å². The monoisotopic (exact) mass is 197 g/mol. The van der Waals surface area contributed by atoms with Gasteiger partial charge in [0.2, 0.25) is 0 Å². The van der Waals surface area contributed by atoms with Gasteiger partial charge in [0.1, 0.15) is 0 Å². The molecule has 0 aromatic heterocycles. The molecule has 1 aliphatic carbocycles. The molecule has 0 spiro atoms. The van der Waals surface area contributed by atoms with Gasteiger partial charge in [-0.1, -0.05) is 32.1 Å². The SMILES string of the molecule is NCC1CCC(CC2CCCCC2)O1. The highest BCUT2D eigenvalue weighted by atomic mass is 16.5. The van der Waals surface area contributed by atoms with Crippen LogP contribution in [0.15, 0.2) is 0 Å². The van der Waals surface area contributed by atoms with Crippen LogP contribution in [0.1, 0.15) is 51.4 Å². The van der Waals surface area contributed by atoms with Crippen LogP contribution in [0.2, 0.25) is 0 Å². The maximum atomic E-state index is 5.89. The smallest absolute Gasteiger partial charge is 0.0702 e. The second kappa shape index (κ2) is 5.13. The molecule has 1 saturated heterocycles. The van der Waals surface area contributed by atoms with Crippen LogP contribution in [-0.2, 0) is 4.74 Å². The van der Waals surface area contributed by atoms with Crippen molar-refractivity contribution in [1.82, 2.24) is 0 Å². The minimum absolute atomic E-state index is 0.364. The second-order valence-corrected chi connectivity index (χ2v) is 4.93. The average Bonchev–Trinajstić information content (AvgIpc) is 2.67. The van der Waals surface area contributed by atoms with Crippen LogP contribution in [0.4, 0.5) is 0 Å². The molecule has 2 heteroatoms.